The van der Waals surface area contributed by atoms with Crippen molar-refractivity contribution in [3.8, 4) is 0 Å². The molecule has 1 fully saturated rings. The van der Waals surface area contributed by atoms with E-state index in [0.29, 0.717) is 0 Å². The first-order valence-electron chi connectivity index (χ1n) is 7.87. The number of carbonyl (C=O) groups is 2. The molecule has 0 radical (unpaired) electrons. The van der Waals surface area contributed by atoms with E-state index in [9.17, 15) is 23.1 Å². The van der Waals surface area contributed by atoms with Gasteiger partial charge in [-0.05, 0) is 18.8 Å². The van der Waals surface area contributed by atoms with Gasteiger partial charge in [0.2, 0.25) is 0 Å². The Kier molecular flexibility index (Phi) is 6.26. The highest BCUT2D eigenvalue weighted by Gasteiger charge is 2.55. The zero-order valence-corrected chi connectivity index (χ0v) is 15.7. The van der Waals surface area contributed by atoms with Crippen LogP contribution in [0.5, 0.6) is 0 Å². The summed E-state index contributed by atoms with van der Waals surface area (Å²) in [6.45, 7) is 7.52. The van der Waals surface area contributed by atoms with E-state index in [1.807, 2.05) is 20.8 Å². The Hall–Kier alpha value is -1.35. The van der Waals surface area contributed by atoms with Crippen LogP contribution in [0.1, 0.15) is 47.0 Å². The van der Waals surface area contributed by atoms with Gasteiger partial charge in [-0.25, -0.2) is 4.79 Å². The third-order valence-electron chi connectivity index (χ3n) is 4.45. The Morgan fingerprint density at radius 2 is 1.92 bits per heavy atom. The number of likely N-dealkylation sites (tertiary alicyclic amines) is 1. The van der Waals surface area contributed by atoms with Crippen molar-refractivity contribution in [3.05, 3.63) is 0 Å². The van der Waals surface area contributed by atoms with Crippen LogP contribution in [0.3, 0.4) is 0 Å². The highest BCUT2D eigenvalue weighted by atomic mass is 32.2. The first-order valence-corrected chi connectivity index (χ1v) is 9.68. The molecule has 1 amide bonds. The number of ether oxygens (including phenoxy) is 1. The number of hydrogen-bond donors (Lipinski definition) is 1. The molecule has 1 heterocycles. The van der Waals surface area contributed by atoms with Crippen LogP contribution in [0.4, 0.5) is 4.79 Å². The lowest BCUT2D eigenvalue weighted by Gasteiger charge is -2.47. The molecule has 1 rings (SSSR count). The summed E-state index contributed by atoms with van der Waals surface area (Å²) >= 11 is 0. The predicted octanol–water partition coefficient (Wildman–Crippen LogP) is 1.84. The van der Waals surface area contributed by atoms with Crippen molar-refractivity contribution in [1.29, 1.82) is 0 Å². The van der Waals surface area contributed by atoms with Crippen LogP contribution < -0.4 is 0 Å². The molecule has 8 nitrogen and oxygen atoms in total. The van der Waals surface area contributed by atoms with Gasteiger partial charge in [-0.2, -0.15) is 8.42 Å². The van der Waals surface area contributed by atoms with Crippen molar-refractivity contribution in [2.75, 3.05) is 19.4 Å². The van der Waals surface area contributed by atoms with E-state index in [4.69, 9.17) is 8.92 Å². The molecule has 1 aliphatic heterocycles. The lowest BCUT2D eigenvalue weighted by molar-refractivity contribution is -0.144. The summed E-state index contributed by atoms with van der Waals surface area (Å²) in [7, 11) is -3.70. The minimum Gasteiger partial charge on any atom is -0.466 e. The molecular formula is C15H27NO7S. The third kappa shape index (κ3) is 4.83. The number of nitrogens with zero attached hydrogens (tertiary/aromatic N) is 1. The monoisotopic (exact) mass is 365 g/mol. The van der Waals surface area contributed by atoms with Crippen molar-refractivity contribution < 1.29 is 32.0 Å². The number of amides is 1. The van der Waals surface area contributed by atoms with Crippen LogP contribution in [-0.2, 0) is 23.8 Å². The molecule has 0 aromatic heterocycles. The van der Waals surface area contributed by atoms with Crippen molar-refractivity contribution in [2.45, 2.75) is 58.6 Å². The highest BCUT2D eigenvalue weighted by molar-refractivity contribution is 7.86. The molecule has 0 aromatic rings. The highest BCUT2D eigenvalue weighted by Crippen LogP contribution is 2.47. The van der Waals surface area contributed by atoms with E-state index < -0.39 is 39.2 Å². The first-order chi connectivity index (χ1) is 10.8. The molecule has 1 saturated heterocycles. The second kappa shape index (κ2) is 7.26. The lowest BCUT2D eigenvalue weighted by Crippen LogP contribution is -2.55. The van der Waals surface area contributed by atoms with Crippen LogP contribution in [0.2, 0.25) is 0 Å². The molecule has 9 heteroatoms. The number of carboxylic acid groups (broad SMARTS) is 1. The molecule has 0 aromatic carbocycles. The Balaban J connectivity index is 3.13. The normalized spacial score (nSPS) is 24.9. The van der Waals surface area contributed by atoms with Gasteiger partial charge in [-0.15, -0.1) is 0 Å². The van der Waals surface area contributed by atoms with E-state index >= 15 is 0 Å². The summed E-state index contributed by atoms with van der Waals surface area (Å²) in [6, 6.07) is 0. The zero-order valence-electron chi connectivity index (χ0n) is 14.9. The average Bonchev–Trinajstić information content (AvgIpc) is 2.74. The van der Waals surface area contributed by atoms with E-state index in [-0.39, 0.29) is 32.4 Å². The Morgan fingerprint density at radius 1 is 1.33 bits per heavy atom. The van der Waals surface area contributed by atoms with Gasteiger partial charge in [0.05, 0.1) is 31.1 Å². The maximum Gasteiger partial charge on any atom is 0.407 e. The molecule has 0 unspecified atom stereocenters. The van der Waals surface area contributed by atoms with Gasteiger partial charge in [0.25, 0.3) is 10.1 Å². The van der Waals surface area contributed by atoms with Crippen LogP contribution in [0.25, 0.3) is 0 Å². The smallest absolute Gasteiger partial charge is 0.407 e. The number of carbonyl (C=O) groups excluding carboxylic acids is 1. The molecule has 0 aliphatic carbocycles. The summed E-state index contributed by atoms with van der Waals surface area (Å²) in [4.78, 5) is 24.7. The summed E-state index contributed by atoms with van der Waals surface area (Å²) in [5.74, 6) is -0.404. The number of rotatable bonds is 6. The van der Waals surface area contributed by atoms with Crippen molar-refractivity contribution >= 4 is 22.2 Å². The van der Waals surface area contributed by atoms with Gasteiger partial charge in [0.15, 0.2) is 0 Å². The maximum atomic E-state index is 11.8. The second-order valence-electron chi connectivity index (χ2n) is 7.11. The van der Waals surface area contributed by atoms with Gasteiger partial charge in [0.1, 0.15) is 0 Å². The maximum absolute atomic E-state index is 11.8. The molecular weight excluding hydrogens is 338 g/mol. The first kappa shape index (κ1) is 20.7. The minimum atomic E-state index is -3.70. The van der Waals surface area contributed by atoms with E-state index in [1.54, 1.807) is 6.92 Å². The van der Waals surface area contributed by atoms with E-state index in [2.05, 4.69) is 0 Å². The summed E-state index contributed by atoms with van der Waals surface area (Å²) < 4.78 is 32.8. The Morgan fingerprint density at radius 3 is 2.33 bits per heavy atom. The number of esters is 1. The largest absolute Gasteiger partial charge is 0.466 e. The van der Waals surface area contributed by atoms with Crippen molar-refractivity contribution in [3.63, 3.8) is 0 Å². The molecule has 1 N–H and O–H groups in total. The summed E-state index contributed by atoms with van der Waals surface area (Å²) in [5.41, 5.74) is -1.44. The minimum absolute atomic E-state index is 0.0531. The molecule has 0 spiro atoms. The van der Waals surface area contributed by atoms with Crippen LogP contribution in [0.15, 0.2) is 0 Å². The molecule has 24 heavy (non-hydrogen) atoms. The van der Waals surface area contributed by atoms with Crippen molar-refractivity contribution in [2.24, 2.45) is 5.41 Å². The van der Waals surface area contributed by atoms with Crippen LogP contribution in [0, 0.1) is 5.41 Å². The molecule has 0 saturated carbocycles. The fourth-order valence-corrected chi connectivity index (χ4v) is 3.99. The molecule has 0 bridgehead atoms. The fourth-order valence-electron chi connectivity index (χ4n) is 3.37. The van der Waals surface area contributed by atoms with Crippen LogP contribution >= 0.6 is 0 Å². The third-order valence-corrected chi connectivity index (χ3v) is 5.08. The van der Waals surface area contributed by atoms with Gasteiger partial charge in [0, 0.05) is 12.8 Å². The van der Waals surface area contributed by atoms with Gasteiger partial charge in [-0.1, -0.05) is 20.8 Å². The average molecular weight is 365 g/mol. The van der Waals surface area contributed by atoms with E-state index in [0.717, 1.165) is 6.26 Å². The van der Waals surface area contributed by atoms with Gasteiger partial charge >= 0.3 is 12.1 Å². The van der Waals surface area contributed by atoms with Crippen LogP contribution in [-0.4, -0.2) is 61.5 Å². The fraction of sp³-hybridized carbons (Fsp3) is 0.867. The zero-order chi connectivity index (χ0) is 18.8. The van der Waals surface area contributed by atoms with Gasteiger partial charge < -0.3 is 9.84 Å². The molecule has 140 valence electrons. The molecule has 1 aliphatic rings. The molecule has 2 atom stereocenters. The Labute approximate surface area is 143 Å². The predicted molar refractivity (Wildman–Crippen MR) is 87.1 cm³/mol. The van der Waals surface area contributed by atoms with Gasteiger partial charge in [-0.3, -0.25) is 13.9 Å². The number of hydrogen-bond acceptors (Lipinski definition) is 6. The summed E-state index contributed by atoms with van der Waals surface area (Å²) in [6.07, 6.45) is -0.486. The quantitative estimate of drug-likeness (QED) is 0.565. The SMILES string of the molecule is CCOC(=O)CC[C@]1(C(C)(C)C)C[C@@H](OS(C)(=O)=O)CN1C(=O)O. The Bertz CT molecular complexity index is 581. The lowest BCUT2D eigenvalue weighted by atomic mass is 9.69. The van der Waals surface area contributed by atoms with E-state index in [1.165, 1.54) is 4.90 Å². The topological polar surface area (TPSA) is 110 Å². The standard InChI is InChI=1S/C15H27NO7S/c1-6-22-12(17)7-8-15(14(2,3)4)9-11(23-24(5,20)21)10-16(15)13(18)19/h11H,6-10H2,1-5H3,(H,18,19)/t11-,15-/m1/s1. The van der Waals surface area contributed by atoms with Crippen molar-refractivity contribution in [1.82, 2.24) is 4.90 Å². The second-order valence-corrected chi connectivity index (χ2v) is 8.71. The summed E-state index contributed by atoms with van der Waals surface area (Å²) in [5, 5.41) is 9.60.